The molecule has 6 heteroatoms. The number of morpholine rings is 1. The lowest BCUT2D eigenvalue weighted by Gasteiger charge is -2.37. The molecule has 1 fully saturated rings. The molecule has 0 amide bonds. The molecule has 22 heavy (non-hydrogen) atoms. The van der Waals surface area contributed by atoms with Crippen molar-refractivity contribution < 1.29 is 18.3 Å². The Morgan fingerprint density at radius 3 is 2.27 bits per heavy atom. The van der Waals surface area contributed by atoms with Gasteiger partial charge in [-0.3, -0.25) is 9.46 Å². The number of hydrogen-bond donors (Lipinski definition) is 0. The molecule has 1 aliphatic heterocycles. The summed E-state index contributed by atoms with van der Waals surface area (Å²) in [4.78, 5) is 2.18. The van der Waals surface area contributed by atoms with Crippen LogP contribution in [0.5, 0.6) is 0 Å². The first-order valence-electron chi connectivity index (χ1n) is 7.94. The second kappa shape index (κ2) is 8.80. The van der Waals surface area contributed by atoms with Crippen LogP contribution >= 0.6 is 7.60 Å². The van der Waals surface area contributed by atoms with Crippen LogP contribution in [-0.2, 0) is 24.8 Å². The highest BCUT2D eigenvalue weighted by Crippen LogP contribution is 2.55. The van der Waals surface area contributed by atoms with Crippen molar-refractivity contribution in [2.45, 2.75) is 26.1 Å². The molecule has 2 rings (SSSR count). The summed E-state index contributed by atoms with van der Waals surface area (Å²) in [5, 5.41) is 0. The maximum atomic E-state index is 13.3. The van der Waals surface area contributed by atoms with Crippen LogP contribution in [0.4, 0.5) is 0 Å². The van der Waals surface area contributed by atoms with E-state index in [0.29, 0.717) is 32.8 Å². The molecular weight excluding hydrogens is 301 g/mol. The Hall–Kier alpha value is -0.710. The molecule has 0 radical (unpaired) electrons. The highest BCUT2D eigenvalue weighted by molar-refractivity contribution is 7.54. The standard InChI is InChI=1S/C16H26NO4P/c1-3-20-22(18,21-4-2)16(17-10-12-19-13-11-17)14-15-8-6-5-7-9-15/h5-9,16H,3-4,10-14H2,1-2H3. The van der Waals surface area contributed by atoms with Crippen LogP contribution in [0.3, 0.4) is 0 Å². The van der Waals surface area contributed by atoms with Crippen LogP contribution in [0.1, 0.15) is 19.4 Å². The lowest BCUT2D eigenvalue weighted by molar-refractivity contribution is 0.0241. The van der Waals surface area contributed by atoms with E-state index in [1.165, 1.54) is 0 Å². The molecule has 1 unspecified atom stereocenters. The van der Waals surface area contributed by atoms with E-state index in [1.807, 2.05) is 32.0 Å². The summed E-state index contributed by atoms with van der Waals surface area (Å²) < 4.78 is 29.9. The Morgan fingerprint density at radius 2 is 1.73 bits per heavy atom. The summed E-state index contributed by atoms with van der Waals surface area (Å²) in [6.45, 7) is 7.28. The maximum absolute atomic E-state index is 13.3. The SMILES string of the molecule is CCOP(=O)(OCC)C(Cc1ccccc1)N1CCOCC1. The Morgan fingerprint density at radius 1 is 1.14 bits per heavy atom. The third-order valence-electron chi connectivity index (χ3n) is 3.71. The summed E-state index contributed by atoms with van der Waals surface area (Å²) in [6.07, 6.45) is 0.651. The topological polar surface area (TPSA) is 48.0 Å². The Kier molecular flexibility index (Phi) is 7.06. The van der Waals surface area contributed by atoms with Gasteiger partial charge in [-0.2, -0.15) is 0 Å². The van der Waals surface area contributed by atoms with E-state index >= 15 is 0 Å². The normalized spacial score (nSPS) is 18.3. The van der Waals surface area contributed by atoms with Gasteiger partial charge in [0.15, 0.2) is 0 Å². The van der Waals surface area contributed by atoms with E-state index < -0.39 is 7.60 Å². The van der Waals surface area contributed by atoms with E-state index in [9.17, 15) is 4.57 Å². The maximum Gasteiger partial charge on any atom is 0.347 e. The molecule has 1 aromatic carbocycles. The van der Waals surface area contributed by atoms with Crippen molar-refractivity contribution in [2.24, 2.45) is 0 Å². The predicted octanol–water partition coefficient (Wildman–Crippen LogP) is 3.15. The number of nitrogens with zero attached hydrogens (tertiary/aromatic N) is 1. The summed E-state index contributed by atoms with van der Waals surface area (Å²) in [6, 6.07) is 10.1. The molecule has 1 saturated heterocycles. The monoisotopic (exact) mass is 327 g/mol. The first-order chi connectivity index (χ1) is 10.7. The van der Waals surface area contributed by atoms with E-state index in [4.69, 9.17) is 13.8 Å². The van der Waals surface area contributed by atoms with Gasteiger partial charge in [0.05, 0.1) is 26.4 Å². The summed E-state index contributed by atoms with van der Waals surface area (Å²) in [7, 11) is -3.19. The average Bonchev–Trinajstić information content (AvgIpc) is 2.55. The van der Waals surface area contributed by atoms with Crippen LogP contribution in [-0.4, -0.2) is 50.2 Å². The van der Waals surface area contributed by atoms with Gasteiger partial charge in [0.25, 0.3) is 0 Å². The highest BCUT2D eigenvalue weighted by atomic mass is 31.2. The molecule has 1 aliphatic rings. The number of ether oxygens (including phenoxy) is 1. The minimum atomic E-state index is -3.19. The zero-order chi connectivity index (χ0) is 15.8. The molecule has 5 nitrogen and oxygen atoms in total. The molecular formula is C16H26NO4P. The van der Waals surface area contributed by atoms with Crippen LogP contribution in [0.25, 0.3) is 0 Å². The van der Waals surface area contributed by atoms with Gasteiger partial charge in [-0.15, -0.1) is 0 Å². The third-order valence-corrected chi connectivity index (χ3v) is 6.19. The van der Waals surface area contributed by atoms with Crippen molar-refractivity contribution in [3.63, 3.8) is 0 Å². The first-order valence-corrected chi connectivity index (χ1v) is 9.55. The van der Waals surface area contributed by atoms with Gasteiger partial charge in [-0.25, -0.2) is 0 Å². The van der Waals surface area contributed by atoms with Gasteiger partial charge in [0.2, 0.25) is 0 Å². The smallest absolute Gasteiger partial charge is 0.347 e. The van der Waals surface area contributed by atoms with Gasteiger partial charge in [0, 0.05) is 13.1 Å². The first kappa shape index (κ1) is 17.6. The number of rotatable bonds is 8. The Balaban J connectivity index is 2.24. The van der Waals surface area contributed by atoms with Crippen molar-refractivity contribution >= 4 is 7.60 Å². The van der Waals surface area contributed by atoms with Crippen LogP contribution < -0.4 is 0 Å². The highest BCUT2D eigenvalue weighted by Gasteiger charge is 2.40. The van der Waals surface area contributed by atoms with E-state index in [0.717, 1.165) is 18.7 Å². The van der Waals surface area contributed by atoms with Crippen molar-refractivity contribution in [3.05, 3.63) is 35.9 Å². The summed E-state index contributed by atoms with van der Waals surface area (Å²) in [5.41, 5.74) is 1.14. The molecule has 0 N–H and O–H groups in total. The average molecular weight is 327 g/mol. The molecule has 1 atom stereocenters. The fourth-order valence-electron chi connectivity index (χ4n) is 2.71. The van der Waals surface area contributed by atoms with Crippen LogP contribution in [0.2, 0.25) is 0 Å². The zero-order valence-electron chi connectivity index (χ0n) is 13.4. The number of hydrogen-bond acceptors (Lipinski definition) is 5. The molecule has 1 aromatic rings. The molecule has 0 bridgehead atoms. The Bertz CT molecular complexity index is 466. The van der Waals surface area contributed by atoms with Gasteiger partial charge in [-0.05, 0) is 25.8 Å². The van der Waals surface area contributed by atoms with Gasteiger partial charge >= 0.3 is 7.60 Å². The molecule has 0 saturated carbocycles. The van der Waals surface area contributed by atoms with Gasteiger partial charge in [-0.1, -0.05) is 30.3 Å². The minimum Gasteiger partial charge on any atom is -0.379 e. The fraction of sp³-hybridized carbons (Fsp3) is 0.625. The second-order valence-corrected chi connectivity index (χ2v) is 7.39. The molecule has 0 aliphatic carbocycles. The summed E-state index contributed by atoms with van der Waals surface area (Å²) >= 11 is 0. The molecule has 0 spiro atoms. The predicted molar refractivity (Wildman–Crippen MR) is 87.2 cm³/mol. The van der Waals surface area contributed by atoms with Crippen LogP contribution in [0.15, 0.2) is 30.3 Å². The van der Waals surface area contributed by atoms with Gasteiger partial charge in [0.1, 0.15) is 5.78 Å². The molecule has 1 heterocycles. The zero-order valence-corrected chi connectivity index (χ0v) is 14.3. The van der Waals surface area contributed by atoms with Crippen molar-refractivity contribution in [1.29, 1.82) is 0 Å². The number of benzene rings is 1. The van der Waals surface area contributed by atoms with Crippen molar-refractivity contribution in [2.75, 3.05) is 39.5 Å². The Labute approximate surface area is 133 Å². The molecule has 0 aromatic heterocycles. The second-order valence-electron chi connectivity index (χ2n) is 5.19. The third kappa shape index (κ3) is 4.64. The lowest BCUT2D eigenvalue weighted by atomic mass is 10.1. The van der Waals surface area contributed by atoms with E-state index in [1.54, 1.807) is 0 Å². The van der Waals surface area contributed by atoms with Crippen LogP contribution in [0, 0.1) is 0 Å². The van der Waals surface area contributed by atoms with E-state index in [-0.39, 0.29) is 5.78 Å². The van der Waals surface area contributed by atoms with E-state index in [2.05, 4.69) is 17.0 Å². The quantitative estimate of drug-likeness (QED) is 0.687. The van der Waals surface area contributed by atoms with Gasteiger partial charge < -0.3 is 13.8 Å². The summed E-state index contributed by atoms with van der Waals surface area (Å²) in [5.74, 6) is -0.265. The van der Waals surface area contributed by atoms with Crippen molar-refractivity contribution in [3.8, 4) is 0 Å². The minimum absolute atomic E-state index is 0.265. The lowest BCUT2D eigenvalue weighted by Crippen LogP contribution is -2.45. The molecule has 124 valence electrons. The largest absolute Gasteiger partial charge is 0.379 e. The van der Waals surface area contributed by atoms with Crippen molar-refractivity contribution in [1.82, 2.24) is 4.90 Å². The fourth-order valence-corrected chi connectivity index (χ4v) is 4.91.